The number of halogens is 1. The molecule has 0 amide bonds. The molecule has 0 aliphatic heterocycles. The largest absolute Gasteiger partial charge is 0.497 e. The van der Waals surface area contributed by atoms with Crippen molar-refractivity contribution in [2.24, 2.45) is 0 Å². The number of rotatable bonds is 10. The molecule has 206 valence electrons. The number of hydrogen-bond acceptors (Lipinski definition) is 7. The van der Waals surface area contributed by atoms with Gasteiger partial charge in [-0.05, 0) is 54.9 Å². The molecule has 0 radical (unpaired) electrons. The molecule has 2 aromatic heterocycles. The Morgan fingerprint density at radius 2 is 1.62 bits per heavy atom. The quantitative estimate of drug-likeness (QED) is 0.116. The van der Waals surface area contributed by atoms with Crippen LogP contribution < -0.4 is 14.4 Å². The molecule has 0 atom stereocenters. The second kappa shape index (κ2) is 11.7. The fourth-order valence-electron chi connectivity index (χ4n) is 4.00. The van der Waals surface area contributed by atoms with Crippen LogP contribution in [0.1, 0.15) is 27.2 Å². The molecule has 4 rings (SSSR count). The van der Waals surface area contributed by atoms with Gasteiger partial charge in [-0.25, -0.2) is 9.97 Å². The Hall–Kier alpha value is -3.56. The van der Waals surface area contributed by atoms with Crippen molar-refractivity contribution < 1.29 is 18.3 Å². The van der Waals surface area contributed by atoms with E-state index in [1.54, 1.807) is 32.5 Å². The number of ether oxygens (including phenoxy) is 2. The average Bonchev–Trinajstić information content (AvgIpc) is 2.91. The summed E-state index contributed by atoms with van der Waals surface area (Å²) in [5.41, 5.74) is 3.96. The third kappa shape index (κ3) is 6.54. The molecular weight excluding hydrogens is 511 g/mol. The van der Waals surface area contributed by atoms with Crippen molar-refractivity contribution in [3.05, 3.63) is 66.9 Å². The number of anilines is 2. The van der Waals surface area contributed by atoms with Crippen molar-refractivity contribution in [1.82, 2.24) is 15.0 Å². The summed E-state index contributed by atoms with van der Waals surface area (Å²) in [5, 5.41) is 0.148. The molecule has 39 heavy (non-hydrogen) atoms. The minimum absolute atomic E-state index is 0.148. The minimum Gasteiger partial charge on any atom is -0.497 e. The maximum absolute atomic E-state index is 14.4. The molecule has 0 N–H and O–H groups in total. The molecule has 0 fully saturated rings. The zero-order chi connectivity index (χ0) is 28.2. The third-order valence-corrected chi connectivity index (χ3v) is 11.9. The van der Waals surface area contributed by atoms with Gasteiger partial charge in [-0.2, -0.15) is 4.39 Å². The summed E-state index contributed by atoms with van der Waals surface area (Å²) in [6.07, 6.45) is 3.81. The molecule has 2 heterocycles. The van der Waals surface area contributed by atoms with Gasteiger partial charge >= 0.3 is 0 Å². The highest BCUT2D eigenvalue weighted by Gasteiger charge is 2.36. The van der Waals surface area contributed by atoms with Crippen molar-refractivity contribution in [3.8, 4) is 22.8 Å². The Labute approximate surface area is 231 Å². The van der Waals surface area contributed by atoms with E-state index in [4.69, 9.17) is 18.9 Å². The van der Waals surface area contributed by atoms with Crippen LogP contribution in [0.2, 0.25) is 18.1 Å². The van der Waals surface area contributed by atoms with Gasteiger partial charge in [0.2, 0.25) is 5.95 Å². The number of benzene rings is 2. The van der Waals surface area contributed by atoms with Crippen LogP contribution in [-0.4, -0.2) is 50.6 Å². The van der Waals surface area contributed by atoms with Crippen LogP contribution in [-0.2, 0) is 4.43 Å². The molecule has 0 saturated carbocycles. The lowest BCUT2D eigenvalue weighted by molar-refractivity contribution is 0.284. The van der Waals surface area contributed by atoms with E-state index in [1.165, 1.54) is 6.20 Å². The van der Waals surface area contributed by atoms with E-state index in [2.05, 4.69) is 48.7 Å². The lowest BCUT2D eigenvalue weighted by Gasteiger charge is -2.36. The second-order valence-corrected chi connectivity index (χ2v) is 15.8. The molecule has 0 spiro atoms. The fraction of sp³-hybridized carbons (Fsp3) is 0.367. The second-order valence-electron chi connectivity index (χ2n) is 11.0. The summed E-state index contributed by atoms with van der Waals surface area (Å²) >= 11 is 0. The first kappa shape index (κ1) is 28.4. The molecule has 0 unspecified atom stereocenters. The van der Waals surface area contributed by atoms with Gasteiger partial charge < -0.3 is 18.8 Å². The number of fused-ring (bicyclic) bond motifs is 1. The Morgan fingerprint density at radius 3 is 2.26 bits per heavy atom. The number of aromatic nitrogens is 3. The van der Waals surface area contributed by atoms with E-state index in [0.29, 0.717) is 41.4 Å². The summed E-state index contributed by atoms with van der Waals surface area (Å²) in [4.78, 5) is 15.2. The highest BCUT2D eigenvalue weighted by atomic mass is 28.4. The van der Waals surface area contributed by atoms with Gasteiger partial charge in [-0.3, -0.25) is 4.98 Å². The van der Waals surface area contributed by atoms with Gasteiger partial charge in [-0.1, -0.05) is 20.8 Å². The molecule has 0 aliphatic carbocycles. The first-order valence-electron chi connectivity index (χ1n) is 13.0. The Morgan fingerprint density at radius 1 is 0.897 bits per heavy atom. The molecule has 0 aliphatic rings. The zero-order valence-electron chi connectivity index (χ0n) is 23.8. The van der Waals surface area contributed by atoms with Crippen molar-refractivity contribution in [2.45, 2.75) is 45.3 Å². The Kier molecular flexibility index (Phi) is 8.51. The van der Waals surface area contributed by atoms with E-state index >= 15 is 0 Å². The van der Waals surface area contributed by atoms with E-state index < -0.39 is 14.3 Å². The zero-order valence-corrected chi connectivity index (χ0v) is 24.8. The number of nitrogens with zero attached hydrogens (tertiary/aromatic N) is 4. The maximum atomic E-state index is 14.4. The van der Waals surface area contributed by atoms with Crippen LogP contribution in [0.4, 0.5) is 15.8 Å². The predicted molar refractivity (Wildman–Crippen MR) is 157 cm³/mol. The van der Waals surface area contributed by atoms with Crippen LogP contribution in [0.15, 0.2) is 60.9 Å². The molecule has 2 aromatic carbocycles. The highest BCUT2D eigenvalue weighted by molar-refractivity contribution is 6.74. The fourth-order valence-corrected chi connectivity index (χ4v) is 5.08. The monoisotopic (exact) mass is 548 g/mol. The minimum atomic E-state index is -1.86. The van der Waals surface area contributed by atoms with Crippen molar-refractivity contribution >= 4 is 30.7 Å². The summed E-state index contributed by atoms with van der Waals surface area (Å²) in [6, 6.07) is 15.1. The van der Waals surface area contributed by atoms with Crippen molar-refractivity contribution in [3.63, 3.8) is 0 Å². The number of pyridine rings is 1. The first-order valence-corrected chi connectivity index (χ1v) is 16.0. The third-order valence-electron chi connectivity index (χ3n) is 7.32. The van der Waals surface area contributed by atoms with E-state index in [-0.39, 0.29) is 5.04 Å². The number of methoxy groups -OCH3 is 2. The summed E-state index contributed by atoms with van der Waals surface area (Å²) in [5.74, 6) is 0.817. The van der Waals surface area contributed by atoms with Crippen LogP contribution in [0.3, 0.4) is 0 Å². The normalized spacial score (nSPS) is 12.0. The van der Waals surface area contributed by atoms with Gasteiger partial charge in [0.25, 0.3) is 0 Å². The van der Waals surface area contributed by atoms with Crippen molar-refractivity contribution in [2.75, 3.05) is 32.3 Å². The molecule has 0 saturated heterocycles. The summed E-state index contributed by atoms with van der Waals surface area (Å²) in [7, 11) is 1.42. The molecule has 9 heteroatoms. The molecule has 4 aromatic rings. The molecule has 7 nitrogen and oxygen atoms in total. The van der Waals surface area contributed by atoms with Gasteiger partial charge in [0, 0.05) is 48.9 Å². The first-order chi connectivity index (χ1) is 18.5. The average molecular weight is 549 g/mol. The number of hydrogen-bond donors (Lipinski definition) is 0. The SMILES string of the molecule is COc1cc(OC)cc(N(CCCO[Si](C)(C)C(C)(C)C)c2ccc3ncc(-c4cccnc4F)nc3c2)c1. The predicted octanol–water partition coefficient (Wildman–Crippen LogP) is 7.40. The standard InChI is InChI=1S/C30H37FN4O3Si/c1-30(2,3)39(6,7)38-15-9-14-35(22-16-23(36-4)19-24(17-22)37-5)21-11-12-26-27(18-21)34-28(20-33-26)25-10-8-13-32-29(25)31/h8,10-13,16-20H,9,14-15H2,1-7H3. The van der Waals surface area contributed by atoms with Crippen LogP contribution in [0.25, 0.3) is 22.3 Å². The van der Waals surface area contributed by atoms with Gasteiger partial charge in [0.1, 0.15) is 11.5 Å². The Bertz CT molecular complexity index is 1420. The van der Waals surface area contributed by atoms with Crippen molar-refractivity contribution in [1.29, 1.82) is 0 Å². The van der Waals surface area contributed by atoms with Gasteiger partial charge in [0.15, 0.2) is 8.32 Å². The van der Waals surface area contributed by atoms with Gasteiger partial charge in [-0.15, -0.1) is 0 Å². The van der Waals surface area contributed by atoms with E-state index in [0.717, 1.165) is 23.3 Å². The van der Waals surface area contributed by atoms with Crippen LogP contribution in [0, 0.1) is 5.95 Å². The lowest BCUT2D eigenvalue weighted by Crippen LogP contribution is -2.41. The summed E-state index contributed by atoms with van der Waals surface area (Å²) in [6.45, 7) is 12.6. The molecular formula is C30H37FN4O3Si. The topological polar surface area (TPSA) is 69.6 Å². The van der Waals surface area contributed by atoms with Gasteiger partial charge in [0.05, 0.1) is 42.7 Å². The summed E-state index contributed by atoms with van der Waals surface area (Å²) < 4.78 is 31.9. The smallest absolute Gasteiger partial charge is 0.222 e. The van der Waals surface area contributed by atoms with Crippen LogP contribution in [0.5, 0.6) is 11.5 Å². The Balaban J connectivity index is 1.70. The lowest BCUT2D eigenvalue weighted by atomic mass is 10.1. The highest BCUT2D eigenvalue weighted by Crippen LogP contribution is 2.37. The van der Waals surface area contributed by atoms with E-state index in [1.807, 2.05) is 36.4 Å². The van der Waals surface area contributed by atoms with Crippen LogP contribution >= 0.6 is 0 Å². The van der Waals surface area contributed by atoms with E-state index in [9.17, 15) is 4.39 Å². The maximum Gasteiger partial charge on any atom is 0.222 e. The molecule has 0 bridgehead atoms.